The molecule has 0 saturated carbocycles. The second-order valence-corrected chi connectivity index (χ2v) is 5.17. The van der Waals surface area contributed by atoms with E-state index in [1.807, 2.05) is 19.1 Å². The molecule has 0 radical (unpaired) electrons. The molecule has 5 heteroatoms. The van der Waals surface area contributed by atoms with Crippen LogP contribution in [0.2, 0.25) is 0 Å². The highest BCUT2D eigenvalue weighted by Crippen LogP contribution is 2.24. The Bertz CT molecular complexity index is 548. The predicted molar refractivity (Wildman–Crippen MR) is 78.0 cm³/mol. The fourth-order valence-corrected chi connectivity index (χ4v) is 2.53. The summed E-state index contributed by atoms with van der Waals surface area (Å²) in [7, 11) is 0. The van der Waals surface area contributed by atoms with Gasteiger partial charge in [0, 0.05) is 12.1 Å². The first-order chi connectivity index (χ1) is 9.72. The fraction of sp³-hybridized carbons (Fsp3) is 0.467. The smallest absolute Gasteiger partial charge is 0.224 e. The maximum Gasteiger partial charge on any atom is 0.224 e. The van der Waals surface area contributed by atoms with Crippen molar-refractivity contribution in [2.45, 2.75) is 19.8 Å². The molecule has 1 aromatic rings. The lowest BCUT2D eigenvalue weighted by Crippen LogP contribution is -2.33. The highest BCUT2D eigenvalue weighted by Gasteiger charge is 2.15. The number of aryl methyl sites for hydroxylation is 1. The normalized spacial score (nSPS) is 19.6. The van der Waals surface area contributed by atoms with Crippen LogP contribution in [0.25, 0.3) is 0 Å². The lowest BCUT2D eigenvalue weighted by molar-refractivity contribution is -0.116. The molecule has 20 heavy (non-hydrogen) atoms. The summed E-state index contributed by atoms with van der Waals surface area (Å²) in [5.41, 5.74) is 4.25. The second kappa shape index (κ2) is 5.63. The number of amides is 1. The number of nitrogens with one attached hydrogen (secondary N) is 1. The van der Waals surface area contributed by atoms with E-state index in [1.165, 1.54) is 5.56 Å². The van der Waals surface area contributed by atoms with E-state index in [4.69, 9.17) is 4.74 Å². The van der Waals surface area contributed by atoms with Gasteiger partial charge in [-0.15, -0.1) is 0 Å². The maximum absolute atomic E-state index is 11.4. The Kier molecular flexibility index (Phi) is 3.69. The number of hydrazone groups is 1. The van der Waals surface area contributed by atoms with E-state index >= 15 is 0 Å². The Morgan fingerprint density at radius 3 is 2.90 bits per heavy atom. The summed E-state index contributed by atoms with van der Waals surface area (Å²) in [6, 6.07) is 6.12. The van der Waals surface area contributed by atoms with Gasteiger partial charge in [0.25, 0.3) is 0 Å². The van der Waals surface area contributed by atoms with Gasteiger partial charge in [0.2, 0.25) is 5.91 Å². The lowest BCUT2D eigenvalue weighted by Gasteiger charge is -2.25. The third-order valence-corrected chi connectivity index (χ3v) is 3.70. The number of carbonyl (C=O) groups excluding carboxylic acids is 1. The van der Waals surface area contributed by atoms with Crippen molar-refractivity contribution in [1.29, 1.82) is 0 Å². The molecule has 2 heterocycles. The largest absolute Gasteiger partial charge is 0.378 e. The van der Waals surface area contributed by atoms with Gasteiger partial charge in [-0.25, -0.2) is 0 Å². The quantitative estimate of drug-likeness (QED) is 0.833. The van der Waals surface area contributed by atoms with Gasteiger partial charge in [0.15, 0.2) is 0 Å². The number of rotatable bonds is 2. The van der Waals surface area contributed by atoms with Gasteiger partial charge in [-0.2, -0.15) is 5.10 Å². The van der Waals surface area contributed by atoms with Crippen molar-refractivity contribution >= 4 is 17.3 Å². The van der Waals surface area contributed by atoms with Crippen molar-refractivity contribution in [3.05, 3.63) is 29.3 Å². The Morgan fingerprint density at radius 2 is 2.10 bits per heavy atom. The average Bonchev–Trinajstić information content (AvgIpc) is 2.47. The lowest BCUT2D eigenvalue weighted by atomic mass is 9.99. The van der Waals surface area contributed by atoms with Crippen LogP contribution in [0.15, 0.2) is 23.3 Å². The van der Waals surface area contributed by atoms with Gasteiger partial charge in [0.05, 0.1) is 32.0 Å². The molecule has 106 valence electrons. The van der Waals surface area contributed by atoms with Gasteiger partial charge >= 0.3 is 0 Å². The predicted octanol–water partition coefficient (Wildman–Crippen LogP) is 1.63. The summed E-state index contributed by atoms with van der Waals surface area (Å²) in [6.07, 6.45) is 1.37. The molecule has 1 saturated heterocycles. The zero-order valence-corrected chi connectivity index (χ0v) is 11.7. The molecule has 0 unspecified atom stereocenters. The van der Waals surface area contributed by atoms with Crippen LogP contribution in [0.4, 0.5) is 5.69 Å². The molecule has 1 N–H and O–H groups in total. The summed E-state index contributed by atoms with van der Waals surface area (Å²) in [4.78, 5) is 11.4. The van der Waals surface area contributed by atoms with Gasteiger partial charge in [-0.3, -0.25) is 9.80 Å². The van der Waals surface area contributed by atoms with E-state index in [1.54, 1.807) is 0 Å². The molecule has 0 bridgehead atoms. The summed E-state index contributed by atoms with van der Waals surface area (Å²) < 4.78 is 5.32. The zero-order chi connectivity index (χ0) is 13.9. The molecule has 0 spiro atoms. The number of hydrogen-bond acceptors (Lipinski definition) is 4. The van der Waals surface area contributed by atoms with Crippen molar-refractivity contribution in [2.24, 2.45) is 5.10 Å². The minimum atomic E-state index is 0.101. The van der Waals surface area contributed by atoms with E-state index in [0.717, 1.165) is 49.7 Å². The summed E-state index contributed by atoms with van der Waals surface area (Å²) in [5.74, 6) is 0.101. The molecule has 1 aromatic carbocycles. The summed E-state index contributed by atoms with van der Waals surface area (Å²) in [6.45, 7) is 5.20. The Morgan fingerprint density at radius 1 is 1.30 bits per heavy atom. The molecule has 1 fully saturated rings. The van der Waals surface area contributed by atoms with Crippen molar-refractivity contribution in [3.63, 3.8) is 0 Å². The molecular weight excluding hydrogens is 254 g/mol. The van der Waals surface area contributed by atoms with Crippen LogP contribution in [0.1, 0.15) is 24.5 Å². The topological polar surface area (TPSA) is 53.9 Å². The number of morpholine rings is 1. The van der Waals surface area contributed by atoms with Crippen LogP contribution in [0.5, 0.6) is 0 Å². The number of anilines is 1. The number of ether oxygens (including phenoxy) is 1. The third kappa shape index (κ3) is 2.82. The van der Waals surface area contributed by atoms with Crippen LogP contribution in [-0.4, -0.2) is 42.9 Å². The van der Waals surface area contributed by atoms with Crippen LogP contribution in [0.3, 0.4) is 0 Å². The van der Waals surface area contributed by atoms with Crippen LogP contribution in [0, 0.1) is 0 Å². The van der Waals surface area contributed by atoms with Crippen molar-refractivity contribution in [3.8, 4) is 0 Å². The minimum absolute atomic E-state index is 0.101. The van der Waals surface area contributed by atoms with Gasteiger partial charge in [-0.1, -0.05) is 6.07 Å². The molecule has 5 nitrogen and oxygen atoms in total. The Labute approximate surface area is 118 Å². The first-order valence-electron chi connectivity index (χ1n) is 7.03. The molecule has 1 amide bonds. The number of fused-ring (bicyclic) bond motifs is 1. The van der Waals surface area contributed by atoms with Crippen molar-refractivity contribution in [1.82, 2.24) is 5.01 Å². The van der Waals surface area contributed by atoms with E-state index in [0.29, 0.717) is 6.42 Å². The first-order valence-corrected chi connectivity index (χ1v) is 7.03. The SMILES string of the molecule is CC(=NN1CCOCC1)c1ccc2c(c1)CCC(=O)N2. The molecule has 0 atom stereocenters. The average molecular weight is 273 g/mol. The molecule has 0 aromatic heterocycles. The van der Waals surface area contributed by atoms with E-state index < -0.39 is 0 Å². The number of benzene rings is 1. The van der Waals surface area contributed by atoms with Gasteiger partial charge in [0.1, 0.15) is 0 Å². The fourth-order valence-electron chi connectivity index (χ4n) is 2.53. The van der Waals surface area contributed by atoms with Gasteiger partial charge in [-0.05, 0) is 36.6 Å². The second-order valence-electron chi connectivity index (χ2n) is 5.17. The van der Waals surface area contributed by atoms with Crippen LogP contribution in [-0.2, 0) is 16.0 Å². The standard InChI is InChI=1S/C15H19N3O2/c1-11(17-18-6-8-20-9-7-18)12-2-4-14-13(10-12)3-5-15(19)16-14/h2,4,10H,3,5-9H2,1H3,(H,16,19). The van der Waals surface area contributed by atoms with E-state index in [9.17, 15) is 4.79 Å². The number of nitrogens with zero attached hydrogens (tertiary/aromatic N) is 2. The molecule has 0 aliphatic carbocycles. The minimum Gasteiger partial charge on any atom is -0.378 e. The molecule has 2 aliphatic rings. The van der Waals surface area contributed by atoms with Crippen molar-refractivity contribution < 1.29 is 9.53 Å². The highest BCUT2D eigenvalue weighted by atomic mass is 16.5. The summed E-state index contributed by atoms with van der Waals surface area (Å²) in [5, 5.41) is 9.61. The molecular formula is C15H19N3O2. The van der Waals surface area contributed by atoms with E-state index in [2.05, 4.69) is 21.5 Å². The van der Waals surface area contributed by atoms with Crippen LogP contribution < -0.4 is 5.32 Å². The maximum atomic E-state index is 11.4. The molecule has 2 aliphatic heterocycles. The van der Waals surface area contributed by atoms with E-state index in [-0.39, 0.29) is 5.91 Å². The monoisotopic (exact) mass is 273 g/mol. The van der Waals surface area contributed by atoms with Crippen molar-refractivity contribution in [2.75, 3.05) is 31.6 Å². The third-order valence-electron chi connectivity index (χ3n) is 3.70. The zero-order valence-electron chi connectivity index (χ0n) is 11.7. The Hall–Kier alpha value is -1.88. The molecule has 3 rings (SSSR count). The summed E-state index contributed by atoms with van der Waals surface area (Å²) >= 11 is 0. The van der Waals surface area contributed by atoms with Gasteiger partial charge < -0.3 is 10.1 Å². The number of carbonyl (C=O) groups is 1. The highest BCUT2D eigenvalue weighted by molar-refractivity contribution is 6.00. The first kappa shape index (κ1) is 13.1. The van der Waals surface area contributed by atoms with Crippen LogP contribution >= 0.6 is 0 Å². The number of hydrogen-bond donors (Lipinski definition) is 1. The Balaban J connectivity index is 1.79.